The molecule has 3 aromatic carbocycles. The van der Waals surface area contributed by atoms with Crippen LogP contribution in [0.5, 0.6) is 0 Å². The molecule has 5 aromatic rings. The molecule has 8 heteroatoms. The number of fused-ring (bicyclic) bond motifs is 3. The van der Waals surface area contributed by atoms with Crippen molar-refractivity contribution >= 4 is 51.6 Å². The summed E-state index contributed by atoms with van der Waals surface area (Å²) in [4.78, 5) is 17.2. The average molecular weight is 446 g/mol. The zero-order valence-corrected chi connectivity index (χ0v) is 17.8. The molecule has 0 saturated carbocycles. The van der Waals surface area contributed by atoms with Gasteiger partial charge in [0.05, 0.1) is 16.8 Å². The lowest BCUT2D eigenvalue weighted by atomic mass is 10.2. The van der Waals surface area contributed by atoms with Crippen molar-refractivity contribution in [2.75, 3.05) is 11.1 Å². The molecule has 0 atom stereocenters. The van der Waals surface area contributed by atoms with E-state index >= 15 is 0 Å². The standard InChI is InChI=1S/C23H16ClN5OS/c24-16-10-12-17(13-11-16)25-20(30)14-31-23-22-28-27-21(15-6-2-1-3-7-15)29(22)19-9-5-4-8-18(19)26-23/h1-13H,14H2,(H,25,30). The number of carbonyl (C=O) groups is 1. The van der Waals surface area contributed by atoms with Gasteiger partial charge in [0, 0.05) is 16.3 Å². The predicted molar refractivity (Wildman–Crippen MR) is 125 cm³/mol. The monoisotopic (exact) mass is 445 g/mol. The molecule has 1 amide bonds. The fourth-order valence-corrected chi connectivity index (χ4v) is 4.18. The van der Waals surface area contributed by atoms with Crippen molar-refractivity contribution in [3.8, 4) is 11.4 Å². The Morgan fingerprint density at radius 3 is 2.48 bits per heavy atom. The first-order valence-corrected chi connectivity index (χ1v) is 10.9. The SMILES string of the molecule is O=C(CSc1nc2ccccc2n2c(-c3ccccc3)nnc12)Nc1ccc(Cl)cc1. The largest absolute Gasteiger partial charge is 0.325 e. The van der Waals surface area contributed by atoms with E-state index in [0.717, 1.165) is 22.4 Å². The van der Waals surface area contributed by atoms with Gasteiger partial charge in [-0.2, -0.15) is 0 Å². The summed E-state index contributed by atoms with van der Waals surface area (Å²) in [5.41, 5.74) is 4.01. The van der Waals surface area contributed by atoms with Gasteiger partial charge in [-0.1, -0.05) is 65.8 Å². The van der Waals surface area contributed by atoms with Gasteiger partial charge < -0.3 is 5.32 Å². The van der Waals surface area contributed by atoms with Crippen molar-refractivity contribution < 1.29 is 4.79 Å². The van der Waals surface area contributed by atoms with Gasteiger partial charge in [-0.3, -0.25) is 9.20 Å². The van der Waals surface area contributed by atoms with Crippen LogP contribution in [-0.2, 0) is 4.79 Å². The van der Waals surface area contributed by atoms with E-state index in [4.69, 9.17) is 16.6 Å². The third kappa shape index (κ3) is 3.97. The number of thioether (sulfide) groups is 1. The molecule has 1 N–H and O–H groups in total. The summed E-state index contributed by atoms with van der Waals surface area (Å²) in [7, 11) is 0. The lowest BCUT2D eigenvalue weighted by Crippen LogP contribution is -2.14. The summed E-state index contributed by atoms with van der Waals surface area (Å²) in [6.45, 7) is 0. The molecular formula is C23H16ClN5OS. The fraction of sp³-hybridized carbons (Fsp3) is 0.0435. The van der Waals surface area contributed by atoms with E-state index in [1.54, 1.807) is 24.3 Å². The maximum absolute atomic E-state index is 12.5. The number of halogens is 1. The number of rotatable bonds is 5. The van der Waals surface area contributed by atoms with Gasteiger partial charge in [-0.05, 0) is 36.4 Å². The van der Waals surface area contributed by atoms with Crippen LogP contribution in [0.1, 0.15) is 0 Å². The lowest BCUT2D eigenvalue weighted by molar-refractivity contribution is -0.113. The number of carbonyl (C=O) groups excluding carboxylic acids is 1. The second-order valence-corrected chi connectivity index (χ2v) is 8.20. The molecule has 0 saturated heterocycles. The molecule has 2 heterocycles. The summed E-state index contributed by atoms with van der Waals surface area (Å²) >= 11 is 7.23. The quantitative estimate of drug-likeness (QED) is 0.370. The van der Waals surface area contributed by atoms with Gasteiger partial charge in [-0.15, -0.1) is 10.2 Å². The Hall–Kier alpha value is -3.42. The maximum Gasteiger partial charge on any atom is 0.234 e. The summed E-state index contributed by atoms with van der Waals surface area (Å²) < 4.78 is 2.00. The highest BCUT2D eigenvalue weighted by Gasteiger charge is 2.17. The summed E-state index contributed by atoms with van der Waals surface area (Å²) in [6, 6.07) is 24.7. The zero-order valence-electron chi connectivity index (χ0n) is 16.2. The molecule has 31 heavy (non-hydrogen) atoms. The lowest BCUT2D eigenvalue weighted by Gasteiger charge is -2.09. The number of nitrogens with one attached hydrogen (secondary N) is 1. The van der Waals surface area contributed by atoms with E-state index in [2.05, 4.69) is 15.5 Å². The Morgan fingerprint density at radius 2 is 1.68 bits per heavy atom. The van der Waals surface area contributed by atoms with Gasteiger partial charge in [-0.25, -0.2) is 4.98 Å². The minimum absolute atomic E-state index is 0.136. The minimum Gasteiger partial charge on any atom is -0.325 e. The number of amides is 1. The first-order valence-electron chi connectivity index (χ1n) is 9.56. The second kappa shape index (κ2) is 8.37. The molecule has 0 fully saturated rings. The molecule has 0 unspecified atom stereocenters. The molecule has 6 nitrogen and oxygen atoms in total. The van der Waals surface area contributed by atoms with Crippen LogP contribution in [0, 0.1) is 0 Å². The van der Waals surface area contributed by atoms with Crippen molar-refractivity contribution in [2.24, 2.45) is 0 Å². The molecular weight excluding hydrogens is 430 g/mol. The molecule has 5 rings (SSSR count). The molecule has 2 aromatic heterocycles. The average Bonchev–Trinajstić information content (AvgIpc) is 3.25. The molecule has 152 valence electrons. The van der Waals surface area contributed by atoms with Crippen molar-refractivity contribution in [2.45, 2.75) is 5.03 Å². The third-order valence-electron chi connectivity index (χ3n) is 4.70. The van der Waals surface area contributed by atoms with Crippen LogP contribution in [0.2, 0.25) is 5.02 Å². The number of hydrogen-bond acceptors (Lipinski definition) is 5. The van der Waals surface area contributed by atoms with Gasteiger partial charge in [0.15, 0.2) is 11.5 Å². The number of benzene rings is 3. The van der Waals surface area contributed by atoms with Crippen molar-refractivity contribution in [1.82, 2.24) is 19.6 Å². The molecule has 0 aliphatic rings. The Balaban J connectivity index is 1.49. The highest BCUT2D eigenvalue weighted by Crippen LogP contribution is 2.29. The number of anilines is 1. The van der Waals surface area contributed by atoms with E-state index in [0.29, 0.717) is 21.4 Å². The van der Waals surface area contributed by atoms with Gasteiger partial charge >= 0.3 is 0 Å². The molecule has 0 radical (unpaired) electrons. The van der Waals surface area contributed by atoms with Crippen LogP contribution in [0.25, 0.3) is 28.1 Å². The van der Waals surface area contributed by atoms with Crippen molar-refractivity contribution in [3.05, 3.63) is 83.9 Å². The molecule has 0 aliphatic carbocycles. The number of aromatic nitrogens is 4. The predicted octanol–water partition coefficient (Wildman–Crippen LogP) is 5.33. The van der Waals surface area contributed by atoms with Crippen LogP contribution in [0.3, 0.4) is 0 Å². The highest BCUT2D eigenvalue weighted by atomic mass is 35.5. The summed E-state index contributed by atoms with van der Waals surface area (Å²) in [6.07, 6.45) is 0. The zero-order chi connectivity index (χ0) is 21.2. The van der Waals surface area contributed by atoms with E-state index < -0.39 is 0 Å². The van der Waals surface area contributed by atoms with E-state index in [9.17, 15) is 4.79 Å². The van der Waals surface area contributed by atoms with E-state index in [1.807, 2.05) is 59.0 Å². The Morgan fingerprint density at radius 1 is 0.935 bits per heavy atom. The minimum atomic E-state index is -0.136. The van der Waals surface area contributed by atoms with Gasteiger partial charge in [0.25, 0.3) is 0 Å². The van der Waals surface area contributed by atoms with Crippen LogP contribution < -0.4 is 5.32 Å². The summed E-state index contributed by atoms with van der Waals surface area (Å²) in [5.74, 6) is 0.793. The molecule has 0 spiro atoms. The topological polar surface area (TPSA) is 72.2 Å². The fourth-order valence-electron chi connectivity index (χ4n) is 3.29. The van der Waals surface area contributed by atoms with Crippen LogP contribution in [-0.4, -0.2) is 31.2 Å². The Kier molecular flexibility index (Phi) is 5.28. The highest BCUT2D eigenvalue weighted by molar-refractivity contribution is 8.00. The number of hydrogen-bond donors (Lipinski definition) is 1. The van der Waals surface area contributed by atoms with Crippen LogP contribution in [0.15, 0.2) is 83.9 Å². The number of nitrogens with zero attached hydrogens (tertiary/aromatic N) is 4. The van der Waals surface area contributed by atoms with Crippen LogP contribution in [0.4, 0.5) is 5.69 Å². The molecule has 0 aliphatic heterocycles. The Labute approximate surface area is 187 Å². The molecule has 0 bridgehead atoms. The number of para-hydroxylation sites is 2. The van der Waals surface area contributed by atoms with Crippen molar-refractivity contribution in [1.29, 1.82) is 0 Å². The smallest absolute Gasteiger partial charge is 0.234 e. The van der Waals surface area contributed by atoms with E-state index in [-0.39, 0.29) is 11.7 Å². The summed E-state index contributed by atoms with van der Waals surface area (Å²) in [5, 5.41) is 13.0. The normalized spacial score (nSPS) is 11.1. The second-order valence-electron chi connectivity index (χ2n) is 6.80. The van der Waals surface area contributed by atoms with Gasteiger partial charge in [0.1, 0.15) is 5.03 Å². The third-order valence-corrected chi connectivity index (χ3v) is 5.90. The van der Waals surface area contributed by atoms with Gasteiger partial charge in [0.2, 0.25) is 5.91 Å². The first-order chi connectivity index (χ1) is 15.2. The first kappa shape index (κ1) is 19.5. The van der Waals surface area contributed by atoms with E-state index in [1.165, 1.54) is 11.8 Å². The van der Waals surface area contributed by atoms with Crippen LogP contribution >= 0.6 is 23.4 Å². The van der Waals surface area contributed by atoms with Crippen molar-refractivity contribution in [3.63, 3.8) is 0 Å². The maximum atomic E-state index is 12.5. The Bertz CT molecular complexity index is 1390.